The van der Waals surface area contributed by atoms with Crippen LogP contribution < -0.4 is 5.73 Å². The van der Waals surface area contributed by atoms with Crippen LogP contribution >= 0.6 is 0 Å². The third-order valence-corrected chi connectivity index (χ3v) is 2.61. The second-order valence-corrected chi connectivity index (χ2v) is 3.93. The maximum absolute atomic E-state index is 5.91. The molecular formula is C12H11N5. The van der Waals surface area contributed by atoms with Gasteiger partial charge in [-0.3, -0.25) is 9.38 Å². The molecule has 0 fully saturated rings. The number of hydrogen-bond donors (Lipinski definition) is 1. The van der Waals surface area contributed by atoms with Crippen molar-refractivity contribution in [2.75, 3.05) is 5.73 Å². The number of nitrogen functional groups attached to an aromatic ring is 1. The smallest absolute Gasteiger partial charge is 0.184 e. The molecule has 2 N–H and O–H groups in total. The highest BCUT2D eigenvalue weighted by Crippen LogP contribution is 2.21. The molecular weight excluding hydrogens is 214 g/mol. The first-order chi connectivity index (χ1) is 8.25. The van der Waals surface area contributed by atoms with Gasteiger partial charge in [0.1, 0.15) is 0 Å². The molecule has 0 aliphatic rings. The van der Waals surface area contributed by atoms with E-state index in [1.165, 1.54) is 0 Å². The van der Waals surface area contributed by atoms with Crippen LogP contribution in [-0.2, 0) is 0 Å². The predicted octanol–water partition coefficient (Wildman–Crippen LogP) is 1.68. The third kappa shape index (κ3) is 1.52. The number of fused-ring (bicyclic) bond motifs is 1. The monoisotopic (exact) mass is 225 g/mol. The number of anilines is 1. The van der Waals surface area contributed by atoms with Crippen LogP contribution in [0, 0.1) is 6.92 Å². The molecule has 5 heteroatoms. The van der Waals surface area contributed by atoms with Gasteiger partial charge >= 0.3 is 0 Å². The summed E-state index contributed by atoms with van der Waals surface area (Å²) < 4.78 is 1.90. The van der Waals surface area contributed by atoms with Crippen molar-refractivity contribution in [3.05, 3.63) is 42.4 Å². The van der Waals surface area contributed by atoms with Gasteiger partial charge in [-0.15, -0.1) is 10.2 Å². The van der Waals surface area contributed by atoms with Crippen molar-refractivity contribution in [1.29, 1.82) is 0 Å². The second-order valence-electron chi connectivity index (χ2n) is 3.93. The molecule has 84 valence electrons. The van der Waals surface area contributed by atoms with Gasteiger partial charge in [-0.05, 0) is 30.7 Å². The zero-order chi connectivity index (χ0) is 11.8. The molecule has 0 spiro atoms. The lowest BCUT2D eigenvalue weighted by molar-refractivity contribution is 1.10. The number of hydrogen-bond acceptors (Lipinski definition) is 4. The number of aryl methyl sites for hydroxylation is 1. The van der Waals surface area contributed by atoms with Crippen molar-refractivity contribution in [1.82, 2.24) is 19.6 Å². The van der Waals surface area contributed by atoms with E-state index in [0.29, 0.717) is 11.3 Å². The van der Waals surface area contributed by atoms with Crippen molar-refractivity contribution in [2.24, 2.45) is 0 Å². The third-order valence-electron chi connectivity index (χ3n) is 2.61. The van der Waals surface area contributed by atoms with Crippen molar-refractivity contribution < 1.29 is 0 Å². The summed E-state index contributed by atoms with van der Waals surface area (Å²) in [5, 5.41) is 8.28. The first-order valence-corrected chi connectivity index (χ1v) is 5.27. The lowest BCUT2D eigenvalue weighted by atomic mass is 10.2. The van der Waals surface area contributed by atoms with Gasteiger partial charge < -0.3 is 5.73 Å². The minimum Gasteiger partial charge on any atom is -0.396 e. The van der Waals surface area contributed by atoms with Gasteiger partial charge in [-0.2, -0.15) is 0 Å². The molecule has 0 unspecified atom stereocenters. The van der Waals surface area contributed by atoms with E-state index < -0.39 is 0 Å². The summed E-state index contributed by atoms with van der Waals surface area (Å²) in [4.78, 5) is 3.99. The summed E-state index contributed by atoms with van der Waals surface area (Å²) in [7, 11) is 0. The Hall–Kier alpha value is -2.43. The van der Waals surface area contributed by atoms with Gasteiger partial charge in [0.05, 0.1) is 5.69 Å². The Kier molecular flexibility index (Phi) is 2.04. The van der Waals surface area contributed by atoms with E-state index in [-0.39, 0.29) is 0 Å². The number of nitrogens with two attached hydrogens (primary N) is 1. The molecule has 5 nitrogen and oxygen atoms in total. The molecule has 0 amide bonds. The summed E-state index contributed by atoms with van der Waals surface area (Å²) in [6.45, 7) is 1.99. The van der Waals surface area contributed by atoms with Gasteiger partial charge in [0.25, 0.3) is 0 Å². The van der Waals surface area contributed by atoms with E-state index in [1.807, 2.05) is 35.7 Å². The molecule has 0 atom stereocenters. The first-order valence-electron chi connectivity index (χ1n) is 5.27. The molecule has 0 bridgehead atoms. The lowest BCUT2D eigenvalue weighted by Crippen LogP contribution is -1.95. The molecule has 3 aromatic heterocycles. The normalized spacial score (nSPS) is 10.9. The number of rotatable bonds is 1. The molecule has 0 radical (unpaired) electrons. The molecule has 17 heavy (non-hydrogen) atoms. The van der Waals surface area contributed by atoms with Crippen molar-refractivity contribution in [3.63, 3.8) is 0 Å². The SMILES string of the molecule is Cc1cc(N)c2nnc(-c3ccncc3)n2c1. The Labute approximate surface area is 97.9 Å². The fourth-order valence-electron chi connectivity index (χ4n) is 1.86. The topological polar surface area (TPSA) is 69.1 Å². The van der Waals surface area contributed by atoms with Gasteiger partial charge in [0.2, 0.25) is 0 Å². The summed E-state index contributed by atoms with van der Waals surface area (Å²) in [5.41, 5.74) is 9.28. The van der Waals surface area contributed by atoms with Crippen LogP contribution in [0.2, 0.25) is 0 Å². The van der Waals surface area contributed by atoms with E-state index in [2.05, 4.69) is 15.2 Å². The largest absolute Gasteiger partial charge is 0.396 e. The molecule has 3 heterocycles. The highest BCUT2D eigenvalue weighted by molar-refractivity contribution is 5.69. The van der Waals surface area contributed by atoms with Crippen LogP contribution in [0.3, 0.4) is 0 Å². The average molecular weight is 225 g/mol. The Morgan fingerprint density at radius 3 is 2.71 bits per heavy atom. The fourth-order valence-corrected chi connectivity index (χ4v) is 1.86. The minimum atomic E-state index is 0.637. The molecule has 0 aliphatic carbocycles. The Morgan fingerprint density at radius 2 is 1.94 bits per heavy atom. The Morgan fingerprint density at radius 1 is 1.18 bits per heavy atom. The molecule has 3 rings (SSSR count). The van der Waals surface area contributed by atoms with Crippen molar-refractivity contribution in [3.8, 4) is 11.4 Å². The highest BCUT2D eigenvalue weighted by atomic mass is 15.2. The van der Waals surface area contributed by atoms with Crippen LogP contribution in [0.4, 0.5) is 5.69 Å². The second kappa shape index (κ2) is 3.55. The number of aromatic nitrogens is 4. The van der Waals surface area contributed by atoms with E-state index in [0.717, 1.165) is 17.0 Å². The number of pyridine rings is 2. The van der Waals surface area contributed by atoms with Gasteiger partial charge in [-0.25, -0.2) is 0 Å². The molecule has 3 aromatic rings. The quantitative estimate of drug-likeness (QED) is 0.684. The summed E-state index contributed by atoms with van der Waals surface area (Å²) in [6, 6.07) is 5.68. The minimum absolute atomic E-state index is 0.637. The van der Waals surface area contributed by atoms with E-state index in [4.69, 9.17) is 5.73 Å². The lowest BCUT2D eigenvalue weighted by Gasteiger charge is -2.02. The molecule has 0 aliphatic heterocycles. The Bertz CT molecular complexity index is 672. The Balaban J connectivity index is 2.32. The zero-order valence-electron chi connectivity index (χ0n) is 9.33. The van der Waals surface area contributed by atoms with Crippen LogP contribution in [0.25, 0.3) is 17.0 Å². The van der Waals surface area contributed by atoms with Gasteiger partial charge in [0, 0.05) is 24.2 Å². The van der Waals surface area contributed by atoms with E-state index >= 15 is 0 Å². The van der Waals surface area contributed by atoms with Crippen molar-refractivity contribution in [2.45, 2.75) is 6.92 Å². The van der Waals surface area contributed by atoms with Crippen LogP contribution in [0.1, 0.15) is 5.56 Å². The van der Waals surface area contributed by atoms with E-state index in [1.54, 1.807) is 12.4 Å². The zero-order valence-corrected chi connectivity index (χ0v) is 9.33. The van der Waals surface area contributed by atoms with Crippen LogP contribution in [0.15, 0.2) is 36.8 Å². The fraction of sp³-hybridized carbons (Fsp3) is 0.0833. The van der Waals surface area contributed by atoms with Crippen molar-refractivity contribution >= 4 is 11.3 Å². The number of nitrogens with zero attached hydrogens (tertiary/aromatic N) is 4. The van der Waals surface area contributed by atoms with Gasteiger partial charge in [0.15, 0.2) is 11.5 Å². The average Bonchev–Trinajstić information content (AvgIpc) is 2.74. The van der Waals surface area contributed by atoms with Gasteiger partial charge in [-0.1, -0.05) is 0 Å². The summed E-state index contributed by atoms with van der Waals surface area (Å²) in [6.07, 6.45) is 5.44. The summed E-state index contributed by atoms with van der Waals surface area (Å²) in [5.74, 6) is 0.776. The molecule has 0 aromatic carbocycles. The molecule has 0 saturated heterocycles. The highest BCUT2D eigenvalue weighted by Gasteiger charge is 2.09. The van der Waals surface area contributed by atoms with E-state index in [9.17, 15) is 0 Å². The molecule has 0 saturated carbocycles. The standard InChI is InChI=1S/C12H11N5/c1-8-6-10(13)12-16-15-11(17(12)7-8)9-2-4-14-5-3-9/h2-7H,13H2,1H3. The predicted molar refractivity (Wildman–Crippen MR) is 65.4 cm³/mol. The first kappa shape index (κ1) is 9.77. The summed E-state index contributed by atoms with van der Waals surface area (Å²) >= 11 is 0. The maximum atomic E-state index is 5.91. The van der Waals surface area contributed by atoms with Crippen LogP contribution in [-0.4, -0.2) is 19.6 Å². The maximum Gasteiger partial charge on any atom is 0.184 e. The van der Waals surface area contributed by atoms with Crippen LogP contribution in [0.5, 0.6) is 0 Å².